The monoisotopic (exact) mass is 996 g/mol. The molecule has 3 saturated carbocycles. The number of tetrazole rings is 1. The van der Waals surface area contributed by atoms with Crippen LogP contribution in [0.2, 0.25) is 0 Å². The molecule has 3 aliphatic carbocycles. The first-order valence-electron chi connectivity index (χ1n) is 26.3. The minimum atomic E-state index is -2.73. The van der Waals surface area contributed by atoms with Crippen LogP contribution in [0.3, 0.4) is 0 Å². The Hall–Kier alpha value is -6.41. The number of carbonyl (C=O) groups is 2. The summed E-state index contributed by atoms with van der Waals surface area (Å²) in [6, 6.07) is 19.8. The van der Waals surface area contributed by atoms with Crippen molar-refractivity contribution in [3.8, 4) is 23.3 Å². The highest BCUT2D eigenvalue weighted by atomic mass is 19.3. The van der Waals surface area contributed by atoms with Crippen LogP contribution in [0.5, 0.6) is 11.5 Å². The largest absolute Gasteiger partial charge is 0.495 e. The number of alkyl halides is 2. The van der Waals surface area contributed by atoms with Crippen LogP contribution in [0.1, 0.15) is 155 Å². The van der Waals surface area contributed by atoms with Crippen LogP contribution in [0.4, 0.5) is 20.3 Å². The molecule has 384 valence electrons. The van der Waals surface area contributed by atoms with Gasteiger partial charge in [0.2, 0.25) is 5.91 Å². The molecule has 0 radical (unpaired) electrons. The van der Waals surface area contributed by atoms with E-state index < -0.39 is 6.43 Å². The van der Waals surface area contributed by atoms with Crippen LogP contribution in [0.25, 0.3) is 5.69 Å². The Labute approximate surface area is 426 Å². The van der Waals surface area contributed by atoms with Crippen molar-refractivity contribution in [2.75, 3.05) is 38.2 Å². The van der Waals surface area contributed by atoms with Crippen LogP contribution in [0, 0.1) is 27.6 Å². The van der Waals surface area contributed by atoms with Crippen LogP contribution in [-0.4, -0.2) is 103 Å². The number of fused-ring (bicyclic) bond motifs is 2. The Morgan fingerprint density at radius 3 is 2.29 bits per heavy atom. The number of nitrogens with one attached hydrogen (secondary N) is 1. The fourth-order valence-electron chi connectivity index (χ4n) is 14.3. The van der Waals surface area contributed by atoms with Crippen molar-refractivity contribution in [3.05, 3.63) is 100.0 Å². The van der Waals surface area contributed by atoms with Gasteiger partial charge in [0.1, 0.15) is 30.0 Å². The number of hydrogen-bond acceptors (Lipinski definition) is 11. The lowest BCUT2D eigenvalue weighted by atomic mass is 9.49. The highest BCUT2D eigenvalue weighted by molar-refractivity contribution is 5.94. The molecule has 3 aromatic carbocycles. The normalized spacial score (nSPS) is 25.5. The van der Waals surface area contributed by atoms with Crippen molar-refractivity contribution in [1.29, 1.82) is 5.26 Å². The van der Waals surface area contributed by atoms with Crippen molar-refractivity contribution < 1.29 is 27.8 Å². The van der Waals surface area contributed by atoms with E-state index in [2.05, 4.69) is 81.2 Å². The molecule has 15 nitrogen and oxygen atoms in total. The topological polar surface area (TPSA) is 160 Å². The SMILES string of the molecule is COc1cc(OC2C(C)(C)C(NC(=O)c3ccc(C4CC5(CCC(N6CCC(n7nc(N8CCCc9cc(-n%10cnnn%10)c(C(F)F)cc98)c8c7CCN(C(C)=O)C8)CC6)CC5)C4)cc3)C2(C)C)ccc1C#N. The molecular formula is C56H67F2N11O4. The fraction of sp³-hybridized carbons (Fsp3) is 0.554. The van der Waals surface area contributed by atoms with Crippen LogP contribution < -0.4 is 19.7 Å². The molecule has 1 spiro atoms. The molecule has 0 atom stereocenters. The zero-order valence-corrected chi connectivity index (χ0v) is 42.9. The minimum absolute atomic E-state index is 0.0230. The number of piperidine rings is 1. The quantitative estimate of drug-likeness (QED) is 0.134. The lowest BCUT2D eigenvalue weighted by molar-refractivity contribution is -0.164. The number of nitriles is 1. The zero-order valence-electron chi connectivity index (χ0n) is 42.9. The van der Waals surface area contributed by atoms with Crippen molar-refractivity contribution in [2.45, 2.75) is 148 Å². The van der Waals surface area contributed by atoms with E-state index in [1.165, 1.54) is 60.8 Å². The van der Waals surface area contributed by atoms with Gasteiger partial charge in [-0.15, -0.1) is 5.10 Å². The lowest BCUT2D eigenvalue weighted by Gasteiger charge is -2.63. The van der Waals surface area contributed by atoms with Gasteiger partial charge in [-0.1, -0.05) is 39.8 Å². The van der Waals surface area contributed by atoms with E-state index in [1.54, 1.807) is 44.4 Å². The summed E-state index contributed by atoms with van der Waals surface area (Å²) in [6.45, 7) is 13.9. The number of nitrogens with zero attached hydrogens (tertiary/aromatic N) is 10. The van der Waals surface area contributed by atoms with Crippen LogP contribution >= 0.6 is 0 Å². The van der Waals surface area contributed by atoms with Gasteiger partial charge in [0.25, 0.3) is 12.3 Å². The second kappa shape index (κ2) is 18.8. The number of likely N-dealkylation sites (tertiary alicyclic amines) is 1. The number of carbonyl (C=O) groups excluding carboxylic acids is 2. The summed E-state index contributed by atoms with van der Waals surface area (Å²) in [5.41, 5.74) is 6.17. The molecule has 4 fully saturated rings. The summed E-state index contributed by atoms with van der Waals surface area (Å²) < 4.78 is 44.8. The van der Waals surface area contributed by atoms with Gasteiger partial charge in [0.05, 0.1) is 30.9 Å². The average molecular weight is 996 g/mol. The second-order valence-electron chi connectivity index (χ2n) is 23.0. The molecule has 0 unspecified atom stereocenters. The van der Waals surface area contributed by atoms with Crippen LogP contribution in [-0.2, 0) is 24.2 Å². The third kappa shape index (κ3) is 8.70. The molecular weight excluding hydrogens is 929 g/mol. The molecule has 73 heavy (non-hydrogen) atoms. The Kier molecular flexibility index (Phi) is 12.6. The molecule has 2 aromatic heterocycles. The molecule has 6 aliphatic rings. The molecule has 2 amide bonds. The van der Waals surface area contributed by atoms with Gasteiger partial charge in [-0.3, -0.25) is 14.3 Å². The molecule has 1 saturated heterocycles. The molecule has 1 N–H and O–H groups in total. The molecule has 3 aliphatic heterocycles. The lowest BCUT2D eigenvalue weighted by Crippen LogP contribution is -2.74. The Morgan fingerprint density at radius 1 is 0.890 bits per heavy atom. The van der Waals surface area contributed by atoms with Crippen molar-refractivity contribution in [1.82, 2.24) is 45.1 Å². The fourth-order valence-corrected chi connectivity index (χ4v) is 14.3. The van der Waals surface area contributed by atoms with Gasteiger partial charge in [-0.25, -0.2) is 13.5 Å². The van der Waals surface area contributed by atoms with Crippen molar-refractivity contribution in [2.24, 2.45) is 16.2 Å². The molecule has 0 bridgehead atoms. The number of aromatic nitrogens is 6. The van der Waals surface area contributed by atoms with Crippen LogP contribution in [0.15, 0.2) is 60.9 Å². The third-order valence-corrected chi connectivity index (χ3v) is 18.0. The van der Waals surface area contributed by atoms with E-state index in [9.17, 15) is 23.6 Å². The molecule has 11 rings (SSSR count). The predicted octanol–water partition coefficient (Wildman–Crippen LogP) is 9.42. The van der Waals surface area contributed by atoms with Crippen molar-refractivity contribution >= 4 is 23.3 Å². The van der Waals surface area contributed by atoms with Gasteiger partial charge in [-0.2, -0.15) is 10.4 Å². The smallest absolute Gasteiger partial charge is 0.266 e. The molecule has 5 heterocycles. The maximum absolute atomic E-state index is 14.7. The second-order valence-corrected chi connectivity index (χ2v) is 23.0. The number of amides is 2. The molecule has 17 heteroatoms. The predicted molar refractivity (Wildman–Crippen MR) is 270 cm³/mol. The number of rotatable bonds is 11. The highest BCUT2D eigenvalue weighted by Gasteiger charge is 2.64. The first-order chi connectivity index (χ1) is 35.1. The minimum Gasteiger partial charge on any atom is -0.495 e. The van der Waals surface area contributed by atoms with Gasteiger partial charge < -0.3 is 29.5 Å². The number of benzene rings is 3. The van der Waals surface area contributed by atoms with E-state index >= 15 is 0 Å². The van der Waals surface area contributed by atoms with Gasteiger partial charge >= 0.3 is 0 Å². The highest BCUT2D eigenvalue weighted by Crippen LogP contribution is 2.59. The number of aryl methyl sites for hydroxylation is 1. The van der Waals surface area contributed by atoms with E-state index in [-0.39, 0.29) is 52.1 Å². The van der Waals surface area contributed by atoms with Gasteiger partial charge in [-0.05, 0) is 133 Å². The Morgan fingerprint density at radius 2 is 1.63 bits per heavy atom. The third-order valence-electron chi connectivity index (χ3n) is 18.0. The summed E-state index contributed by atoms with van der Waals surface area (Å²) in [5, 5.41) is 29.4. The zero-order chi connectivity index (χ0) is 51.0. The number of anilines is 2. The van der Waals surface area contributed by atoms with E-state index in [0.29, 0.717) is 66.1 Å². The number of halogens is 2. The van der Waals surface area contributed by atoms with E-state index in [0.717, 1.165) is 61.4 Å². The summed E-state index contributed by atoms with van der Waals surface area (Å²) in [7, 11) is 1.54. The number of ether oxygens (including phenoxy) is 2. The van der Waals surface area contributed by atoms with Gasteiger partial charge in [0.15, 0.2) is 5.82 Å². The van der Waals surface area contributed by atoms with E-state index in [1.807, 2.05) is 17.0 Å². The van der Waals surface area contributed by atoms with Crippen molar-refractivity contribution in [3.63, 3.8) is 0 Å². The first kappa shape index (κ1) is 48.8. The van der Waals surface area contributed by atoms with E-state index in [4.69, 9.17) is 14.6 Å². The van der Waals surface area contributed by atoms with Gasteiger partial charge in [0, 0.05) is 96.6 Å². The average Bonchev–Trinajstić information content (AvgIpc) is 4.08. The molecule has 5 aromatic rings. The summed E-state index contributed by atoms with van der Waals surface area (Å²) in [6.07, 6.45) is 10.0. The summed E-state index contributed by atoms with van der Waals surface area (Å²) >= 11 is 0. The Bertz CT molecular complexity index is 2910. The maximum atomic E-state index is 14.7. The maximum Gasteiger partial charge on any atom is 0.266 e. The first-order valence-corrected chi connectivity index (χ1v) is 26.3. The summed E-state index contributed by atoms with van der Waals surface area (Å²) in [5.74, 6) is 2.35. The number of hydrogen-bond donors (Lipinski definition) is 1. The standard InChI is InChI=1S/C56H67F2N11O4/c1-34(70)66-25-19-45-44(32-66)50(67-22-7-8-37-26-47(68-33-60-63-64-68)43(49(57)58)28-46(37)67)62-69(45)41-17-23-65(24-18-41)40-15-20-56(21-16-40)29-39(30-56)35-9-11-36(12-10-35)51(71)61-52-54(2,3)53(55(52,4)5)73-42-14-13-38(31-59)48(27-42)72-6/h9-14,26-28,33,39-41,49,52-53H,7-8,15-25,29-30,32H2,1-6H3,(H,61,71). The number of methoxy groups -OCH3 is 1. The Balaban J connectivity index is 0.691. The summed E-state index contributed by atoms with van der Waals surface area (Å²) in [4.78, 5) is 33.1.